The zero-order valence-corrected chi connectivity index (χ0v) is 13.5. The number of amides is 1. The van der Waals surface area contributed by atoms with Crippen LogP contribution in [0, 0.1) is 0 Å². The molecule has 116 valence electrons. The zero-order chi connectivity index (χ0) is 15.9. The second kappa shape index (κ2) is 7.75. The third kappa shape index (κ3) is 4.70. The van der Waals surface area contributed by atoms with Gasteiger partial charge in [-0.2, -0.15) is 11.3 Å². The minimum absolute atomic E-state index is 0.187. The van der Waals surface area contributed by atoms with Gasteiger partial charge < -0.3 is 10.1 Å². The first-order chi connectivity index (χ1) is 10.6. The third-order valence-electron chi connectivity index (χ3n) is 3.24. The number of hydrogen-bond donors (Lipinski definition) is 1. The Balaban J connectivity index is 1.84. The Morgan fingerprint density at radius 1 is 1.18 bits per heavy atom. The van der Waals surface area contributed by atoms with E-state index < -0.39 is 12.1 Å². The molecule has 2 aromatic rings. The maximum Gasteiger partial charge on any atom is 0.311 e. The van der Waals surface area contributed by atoms with Gasteiger partial charge in [0.2, 0.25) is 0 Å². The molecule has 0 aliphatic carbocycles. The number of rotatable bonds is 6. The molecular formula is C17H19NO3S. The topological polar surface area (TPSA) is 55.4 Å². The molecule has 0 spiro atoms. The first-order valence-electron chi connectivity index (χ1n) is 7.19. The van der Waals surface area contributed by atoms with E-state index in [0.717, 1.165) is 12.0 Å². The van der Waals surface area contributed by atoms with Crippen LogP contribution in [-0.4, -0.2) is 18.0 Å². The molecule has 1 N–H and O–H groups in total. The van der Waals surface area contributed by atoms with Crippen LogP contribution in [0.2, 0.25) is 0 Å². The van der Waals surface area contributed by atoms with E-state index in [4.69, 9.17) is 4.74 Å². The van der Waals surface area contributed by atoms with E-state index in [9.17, 15) is 9.59 Å². The summed E-state index contributed by atoms with van der Waals surface area (Å²) < 4.78 is 5.16. The highest BCUT2D eigenvalue weighted by atomic mass is 32.1. The van der Waals surface area contributed by atoms with Crippen molar-refractivity contribution in [2.24, 2.45) is 0 Å². The minimum Gasteiger partial charge on any atom is -0.452 e. The maximum absolute atomic E-state index is 12.0. The van der Waals surface area contributed by atoms with Crippen LogP contribution >= 0.6 is 11.3 Å². The van der Waals surface area contributed by atoms with Crippen LogP contribution in [0.4, 0.5) is 5.69 Å². The molecule has 0 bridgehead atoms. The van der Waals surface area contributed by atoms with Crippen molar-refractivity contribution < 1.29 is 14.3 Å². The molecule has 0 radical (unpaired) electrons. The van der Waals surface area contributed by atoms with Gasteiger partial charge in [0, 0.05) is 5.69 Å². The van der Waals surface area contributed by atoms with E-state index in [1.165, 1.54) is 16.9 Å². The molecule has 0 saturated carbocycles. The van der Waals surface area contributed by atoms with Gasteiger partial charge in [0.05, 0.1) is 6.42 Å². The summed E-state index contributed by atoms with van der Waals surface area (Å²) in [6, 6.07) is 9.48. The van der Waals surface area contributed by atoms with Gasteiger partial charge in [-0.15, -0.1) is 0 Å². The van der Waals surface area contributed by atoms with E-state index in [2.05, 4.69) is 12.2 Å². The summed E-state index contributed by atoms with van der Waals surface area (Å²) in [4.78, 5) is 23.8. The Kier molecular flexibility index (Phi) is 5.72. The molecule has 22 heavy (non-hydrogen) atoms. The second-order valence-electron chi connectivity index (χ2n) is 4.98. The number of benzene rings is 1. The van der Waals surface area contributed by atoms with Gasteiger partial charge >= 0.3 is 5.97 Å². The van der Waals surface area contributed by atoms with Gasteiger partial charge in [-0.25, -0.2) is 0 Å². The van der Waals surface area contributed by atoms with Crippen molar-refractivity contribution in [3.8, 4) is 0 Å². The van der Waals surface area contributed by atoms with E-state index >= 15 is 0 Å². The lowest BCUT2D eigenvalue weighted by Crippen LogP contribution is -2.30. The van der Waals surface area contributed by atoms with Crippen LogP contribution in [0.5, 0.6) is 0 Å². The number of hydrogen-bond acceptors (Lipinski definition) is 4. The number of nitrogens with one attached hydrogen (secondary N) is 1. The Labute approximate surface area is 134 Å². The molecule has 0 aliphatic heterocycles. The number of aryl methyl sites for hydroxylation is 1. The summed E-state index contributed by atoms with van der Waals surface area (Å²) in [5.41, 5.74) is 2.80. The lowest BCUT2D eigenvalue weighted by atomic mass is 10.1. The summed E-state index contributed by atoms with van der Waals surface area (Å²) in [6.45, 7) is 3.64. The Morgan fingerprint density at radius 2 is 1.91 bits per heavy atom. The number of anilines is 1. The number of ether oxygens (including phenoxy) is 1. The quantitative estimate of drug-likeness (QED) is 0.831. The monoisotopic (exact) mass is 317 g/mol. The molecule has 5 heteroatoms. The van der Waals surface area contributed by atoms with E-state index in [-0.39, 0.29) is 12.3 Å². The smallest absolute Gasteiger partial charge is 0.311 e. The first kappa shape index (κ1) is 16.2. The van der Waals surface area contributed by atoms with Gasteiger partial charge in [0.15, 0.2) is 6.10 Å². The van der Waals surface area contributed by atoms with Crippen molar-refractivity contribution >= 4 is 28.9 Å². The molecule has 0 saturated heterocycles. The Hall–Kier alpha value is -2.14. The minimum atomic E-state index is -0.822. The molecule has 0 unspecified atom stereocenters. The molecule has 2 rings (SSSR count). The molecule has 1 amide bonds. The van der Waals surface area contributed by atoms with Crippen LogP contribution in [0.15, 0.2) is 41.1 Å². The average Bonchev–Trinajstić information content (AvgIpc) is 3.00. The molecule has 1 heterocycles. The molecule has 0 fully saturated rings. The highest BCUT2D eigenvalue weighted by Crippen LogP contribution is 2.12. The largest absolute Gasteiger partial charge is 0.452 e. The van der Waals surface area contributed by atoms with Gasteiger partial charge in [-0.05, 0) is 53.4 Å². The van der Waals surface area contributed by atoms with Crippen LogP contribution < -0.4 is 5.32 Å². The van der Waals surface area contributed by atoms with Gasteiger partial charge in [0.1, 0.15) is 0 Å². The molecular weight excluding hydrogens is 298 g/mol. The van der Waals surface area contributed by atoms with Crippen LogP contribution in [0.1, 0.15) is 25.0 Å². The summed E-state index contributed by atoms with van der Waals surface area (Å²) in [5.74, 6) is -0.731. The predicted molar refractivity (Wildman–Crippen MR) is 88.0 cm³/mol. The number of esters is 1. The van der Waals surface area contributed by atoms with E-state index in [0.29, 0.717) is 5.69 Å². The fourth-order valence-corrected chi connectivity index (χ4v) is 2.59. The van der Waals surface area contributed by atoms with Crippen LogP contribution in [0.25, 0.3) is 0 Å². The number of carbonyl (C=O) groups excluding carboxylic acids is 2. The van der Waals surface area contributed by atoms with Crippen molar-refractivity contribution in [2.75, 3.05) is 5.32 Å². The van der Waals surface area contributed by atoms with Gasteiger partial charge in [-0.1, -0.05) is 19.1 Å². The summed E-state index contributed by atoms with van der Waals surface area (Å²) in [7, 11) is 0. The Morgan fingerprint density at radius 3 is 2.50 bits per heavy atom. The number of carbonyl (C=O) groups is 2. The first-order valence-corrected chi connectivity index (χ1v) is 8.13. The molecule has 0 aliphatic rings. The lowest BCUT2D eigenvalue weighted by molar-refractivity contribution is -0.152. The van der Waals surface area contributed by atoms with Crippen molar-refractivity contribution in [1.29, 1.82) is 0 Å². The number of thiophene rings is 1. The predicted octanol–water partition coefficient (Wildman–Crippen LogP) is 3.42. The van der Waals surface area contributed by atoms with Crippen LogP contribution in [0.3, 0.4) is 0 Å². The second-order valence-corrected chi connectivity index (χ2v) is 5.76. The fraction of sp³-hybridized carbons (Fsp3) is 0.294. The SMILES string of the molecule is CCc1ccc(NC(=O)[C@@H](C)OC(=O)Cc2ccsc2)cc1. The summed E-state index contributed by atoms with van der Waals surface area (Å²) in [5, 5.41) is 6.53. The lowest BCUT2D eigenvalue weighted by Gasteiger charge is -2.13. The molecule has 1 aromatic heterocycles. The maximum atomic E-state index is 12.0. The van der Waals surface area contributed by atoms with Crippen LogP contribution in [-0.2, 0) is 27.2 Å². The van der Waals surface area contributed by atoms with Crippen molar-refractivity contribution in [3.63, 3.8) is 0 Å². The standard InChI is InChI=1S/C17H19NO3S/c1-3-13-4-6-15(7-5-13)18-17(20)12(2)21-16(19)10-14-8-9-22-11-14/h4-9,11-12H,3,10H2,1-2H3,(H,18,20)/t12-/m1/s1. The summed E-state index contributed by atoms with van der Waals surface area (Å²) >= 11 is 1.52. The van der Waals surface area contributed by atoms with E-state index in [1.54, 1.807) is 6.92 Å². The van der Waals surface area contributed by atoms with Crippen molar-refractivity contribution in [1.82, 2.24) is 0 Å². The van der Waals surface area contributed by atoms with E-state index in [1.807, 2.05) is 41.1 Å². The van der Waals surface area contributed by atoms with Crippen molar-refractivity contribution in [3.05, 3.63) is 52.2 Å². The molecule has 1 atom stereocenters. The normalized spacial score (nSPS) is 11.7. The van der Waals surface area contributed by atoms with Gasteiger partial charge in [-0.3, -0.25) is 9.59 Å². The molecule has 4 nitrogen and oxygen atoms in total. The zero-order valence-electron chi connectivity index (χ0n) is 12.7. The third-order valence-corrected chi connectivity index (χ3v) is 3.97. The highest BCUT2D eigenvalue weighted by molar-refractivity contribution is 7.07. The average molecular weight is 317 g/mol. The highest BCUT2D eigenvalue weighted by Gasteiger charge is 2.18. The fourth-order valence-electron chi connectivity index (χ4n) is 1.92. The Bertz CT molecular complexity index is 620. The summed E-state index contributed by atoms with van der Waals surface area (Å²) in [6.07, 6.45) is 0.314. The van der Waals surface area contributed by atoms with Gasteiger partial charge in [0.25, 0.3) is 5.91 Å². The molecule has 1 aromatic carbocycles. The van der Waals surface area contributed by atoms with Crippen molar-refractivity contribution in [2.45, 2.75) is 32.8 Å².